The lowest BCUT2D eigenvalue weighted by Gasteiger charge is -2.25. The molecule has 0 bridgehead atoms. The molecular weight excluding hydrogens is 342 g/mol. The molecule has 16 heavy (non-hydrogen) atoms. The lowest BCUT2D eigenvalue weighted by molar-refractivity contribution is -0.144. The molecule has 0 aromatic carbocycles. The van der Waals surface area contributed by atoms with Gasteiger partial charge in [-0.2, -0.15) is 0 Å². The second-order valence-electron chi connectivity index (χ2n) is 3.71. The van der Waals surface area contributed by atoms with E-state index in [0.717, 1.165) is 10.4 Å². The number of hydrogen-bond acceptors (Lipinski definition) is 3. The third kappa shape index (κ3) is 2.46. The molecule has 7 heteroatoms. The number of aliphatic carboxylic acids is 1. The first-order chi connectivity index (χ1) is 7.31. The van der Waals surface area contributed by atoms with Gasteiger partial charge in [-0.05, 0) is 52.8 Å². The van der Waals surface area contributed by atoms with Crippen molar-refractivity contribution >= 4 is 37.8 Å². The molecule has 90 valence electrons. The van der Waals surface area contributed by atoms with E-state index < -0.39 is 11.5 Å². The van der Waals surface area contributed by atoms with Crippen LogP contribution in [-0.2, 0) is 11.3 Å². The normalized spacial score (nSPS) is 14.8. The Morgan fingerprint density at radius 2 is 2.19 bits per heavy atom. The van der Waals surface area contributed by atoms with E-state index in [1.165, 1.54) is 0 Å². The van der Waals surface area contributed by atoms with Gasteiger partial charge in [0.15, 0.2) is 0 Å². The van der Waals surface area contributed by atoms with Crippen molar-refractivity contribution in [2.45, 2.75) is 25.9 Å². The number of rotatable bonds is 4. The molecular formula is C9H13Br2N3O2. The van der Waals surface area contributed by atoms with E-state index in [1.54, 1.807) is 18.5 Å². The predicted molar refractivity (Wildman–Crippen MR) is 67.5 cm³/mol. The second kappa shape index (κ2) is 4.85. The minimum Gasteiger partial charge on any atom is -0.480 e. The number of aromatic nitrogens is 2. The molecule has 1 aromatic heterocycles. The molecule has 0 saturated heterocycles. The fraction of sp³-hybridized carbons (Fsp3) is 0.556. The van der Waals surface area contributed by atoms with Gasteiger partial charge in [0, 0.05) is 0 Å². The molecule has 5 nitrogen and oxygen atoms in total. The van der Waals surface area contributed by atoms with Crippen LogP contribution in [0.3, 0.4) is 0 Å². The number of carboxylic acid groups (broad SMARTS) is 1. The summed E-state index contributed by atoms with van der Waals surface area (Å²) in [6.45, 7) is 3.76. The average molecular weight is 355 g/mol. The zero-order valence-corrected chi connectivity index (χ0v) is 12.4. The van der Waals surface area contributed by atoms with Crippen LogP contribution in [0.1, 0.15) is 12.7 Å². The van der Waals surface area contributed by atoms with E-state index >= 15 is 0 Å². The maximum atomic E-state index is 11.2. The average Bonchev–Trinajstić information content (AvgIpc) is 2.44. The topological polar surface area (TPSA) is 67.2 Å². The first kappa shape index (κ1) is 13.7. The third-order valence-electron chi connectivity index (χ3n) is 2.56. The van der Waals surface area contributed by atoms with Gasteiger partial charge in [-0.1, -0.05) is 0 Å². The quantitative estimate of drug-likeness (QED) is 0.864. The summed E-state index contributed by atoms with van der Waals surface area (Å²) in [4.78, 5) is 15.4. The fourth-order valence-electron chi connectivity index (χ4n) is 1.26. The molecule has 0 aliphatic carbocycles. The molecule has 1 unspecified atom stereocenters. The van der Waals surface area contributed by atoms with Crippen molar-refractivity contribution in [1.82, 2.24) is 14.9 Å². The highest BCUT2D eigenvalue weighted by Crippen LogP contribution is 2.25. The molecule has 1 aromatic rings. The highest BCUT2D eigenvalue weighted by molar-refractivity contribution is 9.13. The van der Waals surface area contributed by atoms with Crippen molar-refractivity contribution in [3.8, 4) is 0 Å². The Bertz CT molecular complexity index is 419. The molecule has 1 heterocycles. The Kier molecular flexibility index (Phi) is 4.14. The number of hydrogen-bond donors (Lipinski definition) is 2. The van der Waals surface area contributed by atoms with Gasteiger partial charge >= 0.3 is 5.97 Å². The first-order valence-corrected chi connectivity index (χ1v) is 6.21. The van der Waals surface area contributed by atoms with Crippen LogP contribution in [0.5, 0.6) is 0 Å². The maximum absolute atomic E-state index is 11.2. The predicted octanol–water partition coefficient (Wildman–Crippen LogP) is 1.78. The summed E-state index contributed by atoms with van der Waals surface area (Å²) < 4.78 is 3.22. The number of aryl methyl sites for hydroxylation is 1. The number of carboxylic acids is 1. The smallest absolute Gasteiger partial charge is 0.325 e. The van der Waals surface area contributed by atoms with E-state index in [-0.39, 0.29) is 0 Å². The molecule has 0 spiro atoms. The molecule has 0 radical (unpaired) electrons. The van der Waals surface area contributed by atoms with Crippen molar-refractivity contribution < 1.29 is 9.90 Å². The Hall–Kier alpha value is -0.400. The largest absolute Gasteiger partial charge is 0.480 e. The van der Waals surface area contributed by atoms with Crippen molar-refractivity contribution in [2.75, 3.05) is 7.05 Å². The first-order valence-electron chi connectivity index (χ1n) is 4.62. The molecule has 1 atom stereocenters. The number of likely N-dealkylation sites (N-methyl/N-ethyl adjacent to an activating group) is 1. The highest BCUT2D eigenvalue weighted by atomic mass is 79.9. The van der Waals surface area contributed by atoms with Crippen LogP contribution in [0.15, 0.2) is 9.21 Å². The third-order valence-corrected chi connectivity index (χ3v) is 4.44. The minimum atomic E-state index is -1.02. The zero-order chi connectivity index (χ0) is 12.5. The summed E-state index contributed by atoms with van der Waals surface area (Å²) in [5.41, 5.74) is -1.02. The summed E-state index contributed by atoms with van der Waals surface area (Å²) in [5.74, 6) is -0.146. The van der Waals surface area contributed by atoms with Gasteiger partial charge in [-0.3, -0.25) is 4.79 Å². The maximum Gasteiger partial charge on any atom is 0.325 e. The van der Waals surface area contributed by atoms with Gasteiger partial charge in [0.2, 0.25) is 0 Å². The molecule has 0 aliphatic heterocycles. The summed E-state index contributed by atoms with van der Waals surface area (Å²) in [7, 11) is 1.63. The van der Waals surface area contributed by atoms with Crippen LogP contribution in [0.2, 0.25) is 0 Å². The second-order valence-corrected chi connectivity index (χ2v) is 5.22. The molecule has 0 amide bonds. The Labute approximate surface area is 111 Å². The van der Waals surface area contributed by atoms with Crippen LogP contribution >= 0.6 is 31.9 Å². The lowest BCUT2D eigenvalue weighted by Crippen LogP contribution is -2.51. The van der Waals surface area contributed by atoms with Crippen LogP contribution < -0.4 is 5.32 Å². The number of nitrogens with one attached hydrogen (secondary N) is 1. The molecule has 0 fully saturated rings. The van der Waals surface area contributed by atoms with Crippen molar-refractivity contribution in [1.29, 1.82) is 0 Å². The Morgan fingerprint density at radius 3 is 2.50 bits per heavy atom. The summed E-state index contributed by atoms with van der Waals surface area (Å²) in [5, 5.41) is 12.0. The molecule has 1 rings (SSSR count). The van der Waals surface area contributed by atoms with E-state index in [2.05, 4.69) is 42.2 Å². The van der Waals surface area contributed by atoms with Crippen molar-refractivity contribution in [3.05, 3.63) is 15.0 Å². The van der Waals surface area contributed by atoms with Gasteiger partial charge in [-0.25, -0.2) is 4.98 Å². The summed E-state index contributed by atoms with van der Waals surface area (Å²) in [6.07, 6.45) is 0. The van der Waals surface area contributed by atoms with E-state index in [4.69, 9.17) is 5.11 Å². The van der Waals surface area contributed by atoms with E-state index in [0.29, 0.717) is 11.1 Å². The standard InChI is InChI=1S/C9H13Br2N3O2/c1-5-13-6(10)7(11)14(5)4-9(2,12-3)8(15)16/h12H,4H2,1-3H3,(H,15,16). The monoisotopic (exact) mass is 353 g/mol. The molecule has 2 N–H and O–H groups in total. The number of nitrogens with zero attached hydrogens (tertiary/aromatic N) is 2. The van der Waals surface area contributed by atoms with E-state index in [1.807, 2.05) is 6.92 Å². The van der Waals surface area contributed by atoms with Crippen LogP contribution in [0.25, 0.3) is 0 Å². The number of carbonyl (C=O) groups is 1. The summed E-state index contributed by atoms with van der Waals surface area (Å²) in [6, 6.07) is 0. The highest BCUT2D eigenvalue weighted by Gasteiger charge is 2.33. The van der Waals surface area contributed by atoms with Gasteiger partial charge in [0.1, 0.15) is 20.6 Å². The zero-order valence-electron chi connectivity index (χ0n) is 9.21. The van der Waals surface area contributed by atoms with Crippen molar-refractivity contribution in [3.63, 3.8) is 0 Å². The summed E-state index contributed by atoms with van der Waals surface area (Å²) >= 11 is 6.65. The van der Waals surface area contributed by atoms with Crippen LogP contribution in [0.4, 0.5) is 0 Å². The van der Waals surface area contributed by atoms with Gasteiger partial charge in [-0.15, -0.1) is 0 Å². The van der Waals surface area contributed by atoms with E-state index in [9.17, 15) is 4.79 Å². The lowest BCUT2D eigenvalue weighted by atomic mass is 10.0. The van der Waals surface area contributed by atoms with Gasteiger partial charge in [0.05, 0.1) is 6.54 Å². The number of halogens is 2. The minimum absolute atomic E-state index is 0.295. The van der Waals surface area contributed by atoms with Crippen LogP contribution in [0, 0.1) is 6.92 Å². The van der Waals surface area contributed by atoms with Crippen LogP contribution in [-0.4, -0.2) is 33.2 Å². The fourth-order valence-corrected chi connectivity index (χ4v) is 2.20. The molecule has 0 aliphatic rings. The Balaban J connectivity index is 3.08. The SMILES string of the molecule is CNC(C)(Cn1c(C)nc(Br)c1Br)C(=O)O. The van der Waals surface area contributed by atoms with Gasteiger partial charge in [0.25, 0.3) is 0 Å². The van der Waals surface area contributed by atoms with Gasteiger partial charge < -0.3 is 15.0 Å². The van der Waals surface area contributed by atoms with Crippen molar-refractivity contribution in [2.24, 2.45) is 0 Å². The Morgan fingerprint density at radius 1 is 1.62 bits per heavy atom. The number of imidazole rings is 1. The molecule has 0 saturated carbocycles.